The normalized spacial score (nSPS) is 12.3. The summed E-state index contributed by atoms with van der Waals surface area (Å²) in [6.45, 7) is 6.71. The molecular weight excluding hydrogens is 368 g/mol. The van der Waals surface area contributed by atoms with E-state index in [0.29, 0.717) is 0 Å². The maximum Gasteiger partial charge on any atom is 0.287 e. The standard InChI is InChI=1S/C26H25N4/c1-14-11-15(2)24-21(16(14)3)25-23-18(27-13-29(25)6)12-20(28(4)5)22-17-9-7-8-10-19(17)30(24)26(22)23/h7-13H,1-6H3/q+1. The molecule has 4 heteroatoms. The van der Waals surface area contributed by atoms with Crippen LogP contribution < -0.4 is 9.47 Å². The van der Waals surface area contributed by atoms with Crippen LogP contribution >= 0.6 is 0 Å². The van der Waals surface area contributed by atoms with E-state index in [1.165, 1.54) is 66.0 Å². The van der Waals surface area contributed by atoms with Crippen molar-refractivity contribution in [3.63, 3.8) is 0 Å². The first-order chi connectivity index (χ1) is 14.4. The molecule has 0 fully saturated rings. The molecular formula is C26H25N4+. The SMILES string of the molecule is Cc1cc(C)c2c(c1C)c1c3c(cc(N(C)C)c4c5ccccc5n2c43)nc[n+]1C. The molecule has 0 bridgehead atoms. The summed E-state index contributed by atoms with van der Waals surface area (Å²) in [5.41, 5.74) is 11.3. The van der Waals surface area contributed by atoms with Crippen LogP contribution in [0.25, 0.3) is 49.1 Å². The Bertz CT molecular complexity index is 1650. The zero-order valence-corrected chi connectivity index (χ0v) is 18.3. The van der Waals surface area contributed by atoms with Gasteiger partial charge in [0.25, 0.3) is 6.33 Å². The Labute approximate surface area is 175 Å². The lowest BCUT2D eigenvalue weighted by atomic mass is 9.96. The zero-order valence-electron chi connectivity index (χ0n) is 18.3. The van der Waals surface area contributed by atoms with Crippen molar-refractivity contribution in [2.75, 3.05) is 19.0 Å². The molecule has 0 N–H and O–H groups in total. The van der Waals surface area contributed by atoms with Gasteiger partial charge in [-0.05, 0) is 48.5 Å². The van der Waals surface area contributed by atoms with Gasteiger partial charge in [0.05, 0.1) is 34.7 Å². The van der Waals surface area contributed by atoms with Gasteiger partial charge >= 0.3 is 0 Å². The Hall–Kier alpha value is -3.40. The summed E-state index contributed by atoms with van der Waals surface area (Å²) < 4.78 is 4.69. The highest BCUT2D eigenvalue weighted by Gasteiger charge is 2.27. The molecule has 0 saturated carbocycles. The topological polar surface area (TPSA) is 24.4 Å². The molecule has 3 aromatic heterocycles. The van der Waals surface area contributed by atoms with Gasteiger partial charge in [0.2, 0.25) is 0 Å². The van der Waals surface area contributed by atoms with Gasteiger partial charge in [-0.3, -0.25) is 0 Å². The first-order valence-electron chi connectivity index (χ1n) is 10.4. The smallest absolute Gasteiger partial charge is 0.287 e. The quantitative estimate of drug-likeness (QED) is 0.218. The van der Waals surface area contributed by atoms with Gasteiger partial charge in [-0.25, -0.2) is 4.57 Å². The van der Waals surface area contributed by atoms with Crippen molar-refractivity contribution in [2.45, 2.75) is 20.8 Å². The molecule has 3 aromatic carbocycles. The van der Waals surface area contributed by atoms with E-state index in [4.69, 9.17) is 4.98 Å². The van der Waals surface area contributed by atoms with E-state index in [1.807, 2.05) is 6.33 Å². The molecule has 4 nitrogen and oxygen atoms in total. The third-order valence-corrected chi connectivity index (χ3v) is 6.81. The third kappa shape index (κ3) is 1.91. The van der Waals surface area contributed by atoms with Crippen LogP contribution in [0, 0.1) is 20.8 Å². The van der Waals surface area contributed by atoms with Gasteiger partial charge in [-0.1, -0.05) is 24.3 Å². The number of hydrogen-bond acceptors (Lipinski definition) is 2. The summed E-state index contributed by atoms with van der Waals surface area (Å²) >= 11 is 0. The van der Waals surface area contributed by atoms with Crippen molar-refractivity contribution in [1.82, 2.24) is 9.38 Å². The molecule has 6 aromatic rings. The van der Waals surface area contributed by atoms with Gasteiger partial charge in [-0.15, -0.1) is 0 Å². The number of pyridine rings is 1. The highest BCUT2D eigenvalue weighted by Crippen LogP contribution is 2.45. The zero-order chi connectivity index (χ0) is 20.9. The van der Waals surface area contributed by atoms with Gasteiger partial charge in [0, 0.05) is 36.3 Å². The highest BCUT2D eigenvalue weighted by molar-refractivity contribution is 6.30. The number of anilines is 1. The lowest BCUT2D eigenvalue weighted by Gasteiger charge is -2.19. The minimum absolute atomic E-state index is 1.05. The maximum atomic E-state index is 4.85. The Morgan fingerprint density at radius 3 is 2.43 bits per heavy atom. The maximum absolute atomic E-state index is 4.85. The van der Waals surface area contributed by atoms with Crippen LogP contribution in [0.3, 0.4) is 0 Å². The average Bonchev–Trinajstić information content (AvgIpc) is 3.07. The van der Waals surface area contributed by atoms with E-state index in [2.05, 4.69) is 92.2 Å². The number of benzene rings is 3. The predicted molar refractivity (Wildman–Crippen MR) is 126 cm³/mol. The number of rotatable bonds is 1. The summed E-state index contributed by atoms with van der Waals surface area (Å²) in [5, 5.41) is 5.18. The molecule has 0 radical (unpaired) electrons. The largest absolute Gasteiger partial charge is 0.377 e. The summed E-state index contributed by atoms with van der Waals surface area (Å²) in [4.78, 5) is 7.06. The fourth-order valence-electron chi connectivity index (χ4n) is 5.39. The summed E-state index contributed by atoms with van der Waals surface area (Å²) in [6, 6.07) is 13.4. The number of aromatic nitrogens is 3. The van der Waals surface area contributed by atoms with E-state index in [0.717, 1.165) is 5.52 Å². The second kappa shape index (κ2) is 5.60. The van der Waals surface area contributed by atoms with Crippen LogP contribution in [0.15, 0.2) is 42.7 Å². The van der Waals surface area contributed by atoms with Crippen LogP contribution in [0.1, 0.15) is 16.7 Å². The molecule has 0 unspecified atom stereocenters. The Morgan fingerprint density at radius 1 is 0.900 bits per heavy atom. The minimum Gasteiger partial charge on any atom is -0.377 e. The van der Waals surface area contributed by atoms with Crippen LogP contribution in [-0.4, -0.2) is 23.5 Å². The summed E-state index contributed by atoms with van der Waals surface area (Å²) in [6.07, 6.45) is 1.96. The van der Waals surface area contributed by atoms with E-state index in [1.54, 1.807) is 0 Å². The van der Waals surface area contributed by atoms with Gasteiger partial charge in [0.15, 0.2) is 5.52 Å². The van der Waals surface area contributed by atoms with Crippen LogP contribution in [0.4, 0.5) is 5.69 Å². The van der Waals surface area contributed by atoms with Gasteiger partial charge < -0.3 is 9.30 Å². The number of aryl methyl sites for hydroxylation is 4. The Kier molecular flexibility index (Phi) is 3.26. The molecule has 30 heavy (non-hydrogen) atoms. The molecule has 0 spiro atoms. The molecule has 0 aliphatic rings. The van der Waals surface area contributed by atoms with E-state index >= 15 is 0 Å². The third-order valence-electron chi connectivity index (χ3n) is 6.81. The molecule has 6 rings (SSSR count). The molecule has 0 aliphatic heterocycles. The second-order valence-corrected chi connectivity index (χ2v) is 8.82. The van der Waals surface area contributed by atoms with Crippen LogP contribution in [0.5, 0.6) is 0 Å². The number of nitrogens with zero attached hydrogens (tertiary/aromatic N) is 4. The second-order valence-electron chi connectivity index (χ2n) is 8.82. The molecule has 3 heterocycles. The molecule has 0 atom stereocenters. The number of fused-ring (bicyclic) bond motifs is 6. The molecule has 0 amide bonds. The minimum atomic E-state index is 1.05. The monoisotopic (exact) mass is 393 g/mol. The number of hydrogen-bond donors (Lipinski definition) is 0. The van der Waals surface area contributed by atoms with Crippen molar-refractivity contribution in [2.24, 2.45) is 7.05 Å². The molecule has 0 saturated heterocycles. The Balaban J connectivity index is 2.16. The first-order valence-corrected chi connectivity index (χ1v) is 10.4. The summed E-state index contributed by atoms with van der Waals surface area (Å²) in [7, 11) is 6.36. The predicted octanol–water partition coefficient (Wildman–Crippen LogP) is 5.20. The van der Waals surface area contributed by atoms with E-state index < -0.39 is 0 Å². The molecule has 0 aliphatic carbocycles. The van der Waals surface area contributed by atoms with E-state index in [-0.39, 0.29) is 0 Å². The first kappa shape index (κ1) is 17.5. The number of para-hydroxylation sites is 1. The van der Waals surface area contributed by atoms with Crippen LogP contribution in [-0.2, 0) is 7.05 Å². The van der Waals surface area contributed by atoms with Crippen LogP contribution in [0.2, 0.25) is 0 Å². The Morgan fingerprint density at radius 2 is 1.67 bits per heavy atom. The molecule has 148 valence electrons. The van der Waals surface area contributed by atoms with Crippen molar-refractivity contribution >= 4 is 54.8 Å². The van der Waals surface area contributed by atoms with Crippen molar-refractivity contribution < 1.29 is 4.57 Å². The lowest BCUT2D eigenvalue weighted by molar-refractivity contribution is -0.646. The van der Waals surface area contributed by atoms with Gasteiger partial charge in [-0.2, -0.15) is 0 Å². The van der Waals surface area contributed by atoms with E-state index in [9.17, 15) is 0 Å². The van der Waals surface area contributed by atoms with Crippen molar-refractivity contribution in [3.8, 4) is 0 Å². The fraction of sp³-hybridized carbons (Fsp3) is 0.231. The van der Waals surface area contributed by atoms with Gasteiger partial charge in [0.1, 0.15) is 5.52 Å². The van der Waals surface area contributed by atoms with Crippen molar-refractivity contribution in [3.05, 3.63) is 59.4 Å². The van der Waals surface area contributed by atoms with Crippen molar-refractivity contribution in [1.29, 1.82) is 0 Å². The fourth-order valence-corrected chi connectivity index (χ4v) is 5.39. The highest BCUT2D eigenvalue weighted by atomic mass is 15.1. The lowest BCUT2D eigenvalue weighted by Crippen LogP contribution is -2.30. The summed E-state index contributed by atoms with van der Waals surface area (Å²) in [5.74, 6) is 0. The average molecular weight is 394 g/mol.